The molecule has 1 aliphatic heterocycles. The van der Waals surface area contributed by atoms with Crippen LogP contribution >= 0.6 is 24.0 Å². The Morgan fingerprint density at radius 3 is 3.00 bits per heavy atom. The van der Waals surface area contributed by atoms with Gasteiger partial charge in [-0.3, -0.25) is 4.68 Å². The number of hydrogen-bond donors (Lipinski definition) is 1. The monoisotopic (exact) mass is 456 g/mol. The highest BCUT2D eigenvalue weighted by Gasteiger charge is 2.26. The van der Waals surface area contributed by atoms with E-state index in [0.29, 0.717) is 12.4 Å². The highest BCUT2D eigenvalue weighted by Crippen LogP contribution is 2.16. The van der Waals surface area contributed by atoms with Gasteiger partial charge in [0.25, 0.3) is 0 Å². The van der Waals surface area contributed by atoms with Gasteiger partial charge in [-0.15, -0.1) is 24.0 Å². The van der Waals surface area contributed by atoms with Crippen LogP contribution in [0.25, 0.3) is 0 Å². The third-order valence-corrected chi connectivity index (χ3v) is 3.87. The van der Waals surface area contributed by atoms with Gasteiger partial charge in [-0.2, -0.15) is 5.10 Å². The first-order valence-corrected chi connectivity index (χ1v) is 8.33. The summed E-state index contributed by atoms with van der Waals surface area (Å²) in [6.45, 7) is 5.29. The highest BCUT2D eigenvalue weighted by molar-refractivity contribution is 14.0. The average molecular weight is 456 g/mol. The third-order valence-electron chi connectivity index (χ3n) is 3.87. The van der Waals surface area contributed by atoms with E-state index in [9.17, 15) is 0 Å². The number of aryl methyl sites for hydroxylation is 1. The molecular weight excluding hydrogens is 431 g/mol. The van der Waals surface area contributed by atoms with Gasteiger partial charge in [0.05, 0.1) is 19.3 Å². The van der Waals surface area contributed by atoms with Gasteiger partial charge in [-0.05, 0) is 13.0 Å². The molecule has 136 valence electrons. The molecule has 2 aromatic rings. The number of guanidine groups is 1. The van der Waals surface area contributed by atoms with Crippen molar-refractivity contribution in [1.29, 1.82) is 0 Å². The number of hydrogen-bond acceptors (Lipinski definition) is 4. The van der Waals surface area contributed by atoms with E-state index in [1.807, 2.05) is 37.6 Å². The van der Waals surface area contributed by atoms with Crippen molar-refractivity contribution in [3.05, 3.63) is 42.4 Å². The number of likely N-dealkylation sites (tertiary alicyclic amines) is 1. The van der Waals surface area contributed by atoms with Crippen LogP contribution in [-0.2, 0) is 13.6 Å². The summed E-state index contributed by atoms with van der Waals surface area (Å²) in [5, 5.41) is 7.55. The molecule has 3 heterocycles. The Bertz CT molecular complexity index is 675. The van der Waals surface area contributed by atoms with Crippen LogP contribution in [0.4, 0.5) is 0 Å². The Labute approximate surface area is 165 Å². The van der Waals surface area contributed by atoms with E-state index in [4.69, 9.17) is 9.73 Å². The number of aromatic nitrogens is 3. The lowest BCUT2D eigenvalue weighted by molar-refractivity contribution is 0.205. The number of ether oxygens (including phenoxy) is 1. The SMILES string of the molecule is CCNC(=NCc1cnn(C)c1)N1CCC(Oc2ccccn2)C1.I. The highest BCUT2D eigenvalue weighted by atomic mass is 127. The normalized spacial score (nSPS) is 17.3. The molecule has 1 saturated heterocycles. The van der Waals surface area contributed by atoms with Crippen molar-refractivity contribution in [2.45, 2.75) is 26.0 Å². The molecule has 1 unspecified atom stereocenters. The van der Waals surface area contributed by atoms with Crippen LogP contribution in [0, 0.1) is 0 Å². The molecule has 0 bridgehead atoms. The van der Waals surface area contributed by atoms with Crippen molar-refractivity contribution >= 4 is 29.9 Å². The average Bonchev–Trinajstić information content (AvgIpc) is 3.22. The number of nitrogens with one attached hydrogen (secondary N) is 1. The fourth-order valence-electron chi connectivity index (χ4n) is 2.75. The fourth-order valence-corrected chi connectivity index (χ4v) is 2.75. The zero-order chi connectivity index (χ0) is 16.8. The van der Waals surface area contributed by atoms with E-state index < -0.39 is 0 Å². The maximum absolute atomic E-state index is 5.95. The molecule has 1 atom stereocenters. The predicted octanol–water partition coefficient (Wildman–Crippen LogP) is 2.05. The lowest BCUT2D eigenvalue weighted by atomic mass is 10.3. The van der Waals surface area contributed by atoms with Crippen LogP contribution < -0.4 is 10.1 Å². The largest absolute Gasteiger partial charge is 0.472 e. The minimum atomic E-state index is 0. The lowest BCUT2D eigenvalue weighted by Gasteiger charge is -2.21. The van der Waals surface area contributed by atoms with Crippen molar-refractivity contribution in [3.8, 4) is 5.88 Å². The molecule has 7 nitrogen and oxygen atoms in total. The topological polar surface area (TPSA) is 67.6 Å². The minimum absolute atomic E-state index is 0. The maximum atomic E-state index is 5.95. The van der Waals surface area contributed by atoms with E-state index in [2.05, 4.69) is 27.2 Å². The van der Waals surface area contributed by atoms with E-state index in [0.717, 1.165) is 37.6 Å². The van der Waals surface area contributed by atoms with Gasteiger partial charge in [0.15, 0.2) is 5.96 Å². The molecule has 1 aliphatic rings. The van der Waals surface area contributed by atoms with Crippen LogP contribution in [0.15, 0.2) is 41.8 Å². The second-order valence-electron chi connectivity index (χ2n) is 5.83. The number of nitrogens with zero attached hydrogens (tertiary/aromatic N) is 5. The molecule has 1 N–H and O–H groups in total. The van der Waals surface area contributed by atoms with Crippen molar-refractivity contribution in [1.82, 2.24) is 25.0 Å². The smallest absolute Gasteiger partial charge is 0.213 e. The van der Waals surface area contributed by atoms with Gasteiger partial charge in [-0.1, -0.05) is 6.07 Å². The van der Waals surface area contributed by atoms with Crippen LogP contribution in [0.3, 0.4) is 0 Å². The minimum Gasteiger partial charge on any atom is -0.472 e. The zero-order valence-corrected chi connectivity index (χ0v) is 17.0. The molecule has 0 aromatic carbocycles. The Morgan fingerprint density at radius 2 is 2.32 bits per heavy atom. The molecule has 0 radical (unpaired) electrons. The molecule has 0 amide bonds. The number of pyridine rings is 1. The van der Waals surface area contributed by atoms with E-state index >= 15 is 0 Å². The van der Waals surface area contributed by atoms with Gasteiger partial charge >= 0.3 is 0 Å². The van der Waals surface area contributed by atoms with Gasteiger partial charge in [0, 0.05) is 50.6 Å². The first kappa shape index (κ1) is 19.5. The van der Waals surface area contributed by atoms with Crippen LogP contribution in [0.5, 0.6) is 5.88 Å². The van der Waals surface area contributed by atoms with Crippen molar-refractivity contribution in [2.24, 2.45) is 12.0 Å². The fraction of sp³-hybridized carbons (Fsp3) is 0.471. The van der Waals surface area contributed by atoms with Gasteiger partial charge in [0.2, 0.25) is 5.88 Å². The zero-order valence-electron chi connectivity index (χ0n) is 14.6. The summed E-state index contributed by atoms with van der Waals surface area (Å²) in [4.78, 5) is 11.2. The lowest BCUT2D eigenvalue weighted by Crippen LogP contribution is -2.40. The van der Waals surface area contributed by atoms with Gasteiger partial charge in [-0.25, -0.2) is 9.98 Å². The van der Waals surface area contributed by atoms with Crippen molar-refractivity contribution in [3.63, 3.8) is 0 Å². The number of aliphatic imine (C=N–C) groups is 1. The summed E-state index contributed by atoms with van der Waals surface area (Å²) >= 11 is 0. The molecule has 2 aromatic heterocycles. The van der Waals surface area contributed by atoms with E-state index in [1.54, 1.807) is 10.9 Å². The number of halogens is 1. The van der Waals surface area contributed by atoms with Crippen LogP contribution in [0.2, 0.25) is 0 Å². The summed E-state index contributed by atoms with van der Waals surface area (Å²) in [6.07, 6.45) is 6.70. The van der Waals surface area contributed by atoms with Crippen molar-refractivity contribution < 1.29 is 4.74 Å². The Morgan fingerprint density at radius 1 is 1.44 bits per heavy atom. The third kappa shape index (κ3) is 5.58. The Balaban J connectivity index is 0.00000225. The molecule has 25 heavy (non-hydrogen) atoms. The maximum Gasteiger partial charge on any atom is 0.213 e. The van der Waals surface area contributed by atoms with Crippen molar-refractivity contribution in [2.75, 3.05) is 19.6 Å². The van der Waals surface area contributed by atoms with E-state index in [1.165, 1.54) is 0 Å². The molecule has 3 rings (SSSR count). The molecule has 8 heteroatoms. The standard InChI is InChI=1S/C17H24N6O.HI/c1-3-18-17(20-10-14-11-21-22(2)12-14)23-9-7-15(13-23)24-16-6-4-5-8-19-16;/h4-6,8,11-12,15H,3,7,9-10,13H2,1-2H3,(H,18,20);1H. The predicted molar refractivity (Wildman–Crippen MR) is 108 cm³/mol. The molecule has 0 spiro atoms. The Kier molecular flexibility index (Phi) is 7.48. The first-order valence-electron chi connectivity index (χ1n) is 8.33. The summed E-state index contributed by atoms with van der Waals surface area (Å²) in [7, 11) is 1.92. The quantitative estimate of drug-likeness (QED) is 0.424. The molecule has 1 fully saturated rings. The second kappa shape index (κ2) is 9.59. The molecular formula is C17H25IN6O. The Hall–Kier alpha value is -1.84. The molecule has 0 aliphatic carbocycles. The summed E-state index contributed by atoms with van der Waals surface area (Å²) in [6, 6.07) is 5.72. The summed E-state index contributed by atoms with van der Waals surface area (Å²) < 4.78 is 7.75. The summed E-state index contributed by atoms with van der Waals surface area (Å²) in [5.41, 5.74) is 1.10. The summed E-state index contributed by atoms with van der Waals surface area (Å²) in [5.74, 6) is 1.61. The number of rotatable bonds is 5. The van der Waals surface area contributed by atoms with Crippen LogP contribution in [0.1, 0.15) is 18.9 Å². The molecule has 0 saturated carbocycles. The van der Waals surface area contributed by atoms with Gasteiger partial charge < -0.3 is 15.0 Å². The van der Waals surface area contributed by atoms with Gasteiger partial charge in [0.1, 0.15) is 6.10 Å². The van der Waals surface area contributed by atoms with E-state index in [-0.39, 0.29) is 30.1 Å². The van der Waals surface area contributed by atoms with Crippen LogP contribution in [-0.4, -0.2) is 51.4 Å². The second-order valence-corrected chi connectivity index (χ2v) is 5.83. The first-order chi connectivity index (χ1) is 11.7.